The Morgan fingerprint density at radius 2 is 2.15 bits per heavy atom. The largest absolute Gasteiger partial charge is 0.417 e. The normalized spacial score (nSPS) is 16.7. The molecule has 1 aliphatic heterocycles. The van der Waals surface area contributed by atoms with Gasteiger partial charge in [0.15, 0.2) is 17.3 Å². The molecule has 3 aromatic rings. The summed E-state index contributed by atoms with van der Waals surface area (Å²) in [4.78, 5) is 8.90. The van der Waals surface area contributed by atoms with Crippen LogP contribution in [0.5, 0.6) is 5.88 Å². The van der Waals surface area contributed by atoms with Gasteiger partial charge in [0.2, 0.25) is 5.88 Å². The Morgan fingerprint density at radius 1 is 1.33 bits per heavy atom. The van der Waals surface area contributed by atoms with Gasteiger partial charge in [0, 0.05) is 25.8 Å². The van der Waals surface area contributed by atoms with Gasteiger partial charge >= 0.3 is 6.61 Å². The molecule has 11 heteroatoms. The predicted molar refractivity (Wildman–Crippen MR) is 92.0 cm³/mol. The number of hydrogen-bond donors (Lipinski definition) is 2. The van der Waals surface area contributed by atoms with E-state index >= 15 is 0 Å². The van der Waals surface area contributed by atoms with Crippen molar-refractivity contribution in [2.24, 2.45) is 5.41 Å². The Labute approximate surface area is 153 Å². The van der Waals surface area contributed by atoms with Gasteiger partial charge < -0.3 is 14.8 Å². The molecule has 0 saturated carbocycles. The van der Waals surface area contributed by atoms with Crippen molar-refractivity contribution in [2.75, 3.05) is 18.5 Å². The first kappa shape index (κ1) is 17.6. The molecule has 0 aliphatic carbocycles. The van der Waals surface area contributed by atoms with E-state index in [2.05, 4.69) is 42.2 Å². The van der Waals surface area contributed by atoms with Crippen LogP contribution >= 0.6 is 0 Å². The zero-order valence-corrected chi connectivity index (χ0v) is 14.7. The molecule has 0 atom stereocenters. The van der Waals surface area contributed by atoms with Crippen LogP contribution in [0.15, 0.2) is 18.5 Å². The van der Waals surface area contributed by atoms with Crippen molar-refractivity contribution in [1.82, 2.24) is 29.9 Å². The van der Waals surface area contributed by atoms with Crippen LogP contribution in [0.25, 0.3) is 11.2 Å². The molecule has 4 heterocycles. The number of aromatic amines is 1. The molecule has 1 saturated heterocycles. The van der Waals surface area contributed by atoms with Crippen molar-refractivity contribution in [3.05, 3.63) is 18.5 Å². The first-order chi connectivity index (χ1) is 13.0. The number of rotatable bonds is 6. The number of H-pyrrole nitrogens is 1. The fourth-order valence-corrected chi connectivity index (χ4v) is 3.06. The molecule has 1 aliphatic rings. The molecule has 0 amide bonds. The molecule has 0 bridgehead atoms. The number of alkyl halides is 2. The maximum absolute atomic E-state index is 12.2. The highest BCUT2D eigenvalue weighted by molar-refractivity contribution is 5.71. The second-order valence-corrected chi connectivity index (χ2v) is 6.81. The molecule has 0 unspecified atom stereocenters. The van der Waals surface area contributed by atoms with E-state index in [0.717, 1.165) is 26.1 Å². The van der Waals surface area contributed by atoms with Gasteiger partial charge in [0.1, 0.15) is 5.52 Å². The molecule has 144 valence electrons. The van der Waals surface area contributed by atoms with Gasteiger partial charge in [-0.25, -0.2) is 19.7 Å². The lowest BCUT2D eigenvalue weighted by atomic mass is 9.82. The van der Waals surface area contributed by atoms with Crippen LogP contribution in [0.4, 0.5) is 20.4 Å². The van der Waals surface area contributed by atoms with Crippen molar-refractivity contribution in [1.29, 1.82) is 0 Å². The monoisotopic (exact) mass is 379 g/mol. The number of ether oxygens (including phenoxy) is 2. The highest BCUT2D eigenvalue weighted by atomic mass is 19.3. The molecule has 27 heavy (non-hydrogen) atoms. The van der Waals surface area contributed by atoms with E-state index in [1.807, 2.05) is 4.68 Å². The second-order valence-electron chi connectivity index (χ2n) is 6.81. The summed E-state index contributed by atoms with van der Waals surface area (Å²) in [6.07, 6.45) is 5.13. The van der Waals surface area contributed by atoms with Crippen LogP contribution in [0.2, 0.25) is 0 Å². The standard InChI is InChI=1S/C16H19F2N7O2/c1-16(2-4-26-5-3-16)9-25-14-10(7-20-25)19-8-12(22-14)21-11-6-13(24-23-11)27-15(17)18/h6-8,15H,2-5,9H2,1H3,(H2,21,22,23,24). The lowest BCUT2D eigenvalue weighted by Crippen LogP contribution is -2.31. The van der Waals surface area contributed by atoms with E-state index in [-0.39, 0.29) is 11.3 Å². The van der Waals surface area contributed by atoms with Crippen molar-refractivity contribution in [2.45, 2.75) is 32.9 Å². The van der Waals surface area contributed by atoms with Gasteiger partial charge in [-0.15, -0.1) is 0 Å². The van der Waals surface area contributed by atoms with Gasteiger partial charge in [-0.3, -0.25) is 0 Å². The molecule has 0 aromatic carbocycles. The lowest BCUT2D eigenvalue weighted by molar-refractivity contribution is -0.0528. The SMILES string of the molecule is CC1(Cn2ncc3ncc(Nc4cc(OC(F)F)[nH]n4)nc32)CCOCC1. The van der Waals surface area contributed by atoms with Crippen molar-refractivity contribution in [3.63, 3.8) is 0 Å². The highest BCUT2D eigenvalue weighted by Crippen LogP contribution is 2.32. The van der Waals surface area contributed by atoms with E-state index in [1.54, 1.807) is 6.20 Å². The number of nitrogens with one attached hydrogen (secondary N) is 2. The third-order valence-corrected chi connectivity index (χ3v) is 4.60. The predicted octanol–water partition coefficient (Wildman–Crippen LogP) is 2.71. The maximum atomic E-state index is 12.2. The van der Waals surface area contributed by atoms with Crippen LogP contribution in [0, 0.1) is 5.41 Å². The van der Waals surface area contributed by atoms with Crippen LogP contribution in [-0.2, 0) is 11.3 Å². The third-order valence-electron chi connectivity index (χ3n) is 4.60. The number of halogens is 2. The molecule has 2 N–H and O–H groups in total. The van der Waals surface area contributed by atoms with Crippen LogP contribution in [0.1, 0.15) is 19.8 Å². The molecule has 0 radical (unpaired) electrons. The molecular formula is C16H19F2N7O2. The Bertz CT molecular complexity index is 921. The first-order valence-electron chi connectivity index (χ1n) is 8.54. The molecule has 4 rings (SSSR count). The summed E-state index contributed by atoms with van der Waals surface area (Å²) >= 11 is 0. The van der Waals surface area contributed by atoms with Gasteiger partial charge in [-0.1, -0.05) is 6.92 Å². The summed E-state index contributed by atoms with van der Waals surface area (Å²) in [7, 11) is 0. The first-order valence-corrected chi connectivity index (χ1v) is 8.54. The van der Waals surface area contributed by atoms with E-state index < -0.39 is 6.61 Å². The number of hydrogen-bond acceptors (Lipinski definition) is 7. The summed E-state index contributed by atoms with van der Waals surface area (Å²) in [5.74, 6) is 0.581. The molecule has 0 spiro atoms. The minimum atomic E-state index is -2.92. The van der Waals surface area contributed by atoms with Gasteiger partial charge in [-0.05, 0) is 18.3 Å². The Kier molecular flexibility index (Phi) is 4.60. The Hall–Kier alpha value is -2.82. The average Bonchev–Trinajstić information content (AvgIpc) is 3.22. The van der Waals surface area contributed by atoms with Crippen LogP contribution in [0.3, 0.4) is 0 Å². The van der Waals surface area contributed by atoms with Crippen LogP contribution < -0.4 is 10.1 Å². The van der Waals surface area contributed by atoms with E-state index in [4.69, 9.17) is 4.74 Å². The smallest absolute Gasteiger partial charge is 0.388 e. The van der Waals surface area contributed by atoms with E-state index in [9.17, 15) is 8.78 Å². The fourth-order valence-electron chi connectivity index (χ4n) is 3.06. The molecule has 3 aromatic heterocycles. The third kappa shape index (κ3) is 3.97. The summed E-state index contributed by atoms with van der Waals surface area (Å²) in [6, 6.07) is 1.32. The minimum Gasteiger partial charge on any atom is -0.417 e. The van der Waals surface area contributed by atoms with E-state index in [0.29, 0.717) is 29.3 Å². The minimum absolute atomic E-state index is 0.0893. The quantitative estimate of drug-likeness (QED) is 0.679. The van der Waals surface area contributed by atoms with Crippen molar-refractivity contribution in [3.8, 4) is 5.88 Å². The number of fused-ring (bicyclic) bond motifs is 1. The van der Waals surface area contributed by atoms with Crippen molar-refractivity contribution < 1.29 is 18.3 Å². The molecule has 1 fully saturated rings. The fraction of sp³-hybridized carbons (Fsp3) is 0.500. The average molecular weight is 379 g/mol. The summed E-state index contributed by atoms with van der Waals surface area (Å²) in [5.41, 5.74) is 1.42. The lowest BCUT2D eigenvalue weighted by Gasteiger charge is -2.33. The second kappa shape index (κ2) is 7.06. The summed E-state index contributed by atoms with van der Waals surface area (Å²) in [6.45, 7) is 1.50. The Balaban J connectivity index is 1.53. The molecular weight excluding hydrogens is 360 g/mol. The number of nitrogens with zero attached hydrogens (tertiary/aromatic N) is 5. The maximum Gasteiger partial charge on any atom is 0.388 e. The summed E-state index contributed by atoms with van der Waals surface area (Å²) in [5, 5.41) is 13.6. The zero-order chi connectivity index (χ0) is 18.9. The van der Waals surface area contributed by atoms with Crippen LogP contribution in [-0.4, -0.2) is 49.8 Å². The molecule has 9 nitrogen and oxygen atoms in total. The number of anilines is 2. The Morgan fingerprint density at radius 3 is 2.93 bits per heavy atom. The summed E-state index contributed by atoms with van der Waals surface area (Å²) < 4.78 is 36.0. The zero-order valence-electron chi connectivity index (χ0n) is 14.7. The van der Waals surface area contributed by atoms with Crippen molar-refractivity contribution >= 4 is 22.8 Å². The van der Waals surface area contributed by atoms with Gasteiger partial charge in [0.05, 0.1) is 12.4 Å². The highest BCUT2D eigenvalue weighted by Gasteiger charge is 2.29. The van der Waals surface area contributed by atoms with Gasteiger partial charge in [-0.2, -0.15) is 19.0 Å². The number of aromatic nitrogens is 6. The van der Waals surface area contributed by atoms with E-state index in [1.165, 1.54) is 12.3 Å². The topological polar surface area (TPSA) is 103 Å². The van der Waals surface area contributed by atoms with Gasteiger partial charge in [0.25, 0.3) is 0 Å².